The predicted octanol–water partition coefficient (Wildman–Crippen LogP) is 0.615. The highest BCUT2D eigenvalue weighted by Gasteiger charge is 2.24. The number of likely N-dealkylation sites (N-methyl/N-ethyl adjacent to an activating group) is 1. The molecule has 1 unspecified atom stereocenters. The van der Waals surface area contributed by atoms with E-state index in [4.69, 9.17) is 23.7 Å². The summed E-state index contributed by atoms with van der Waals surface area (Å²) in [4.78, 5) is 71.6. The molecule has 0 aliphatic rings. The number of esters is 1. The number of carbonyl (C=O) groups is 6. The van der Waals surface area contributed by atoms with Crippen LogP contribution in [0.25, 0.3) is 0 Å². The molecule has 1 atom stereocenters. The number of amides is 4. The topological polar surface area (TPSA) is 188 Å². The maximum Gasteiger partial charge on any atom is 0.302 e. The van der Waals surface area contributed by atoms with Crippen molar-refractivity contribution in [2.24, 2.45) is 5.92 Å². The molecule has 15 heteroatoms. The van der Waals surface area contributed by atoms with Gasteiger partial charge in [0.1, 0.15) is 18.9 Å². The molecule has 1 rings (SSSR count). The molecule has 1 aromatic rings. The quantitative estimate of drug-likeness (QED) is 0.0575. The van der Waals surface area contributed by atoms with Gasteiger partial charge in [-0.25, -0.2) is 0 Å². The molecule has 1 aromatic carbocycles. The molecule has 47 heavy (non-hydrogen) atoms. The molecule has 15 nitrogen and oxygen atoms in total. The number of aldehydes is 1. The molecule has 3 N–H and O–H groups in total. The second kappa shape index (κ2) is 25.0. The Balaban J connectivity index is 2.12. The summed E-state index contributed by atoms with van der Waals surface area (Å²) in [5, 5.41) is 7.91. The third-order valence-electron chi connectivity index (χ3n) is 6.22. The van der Waals surface area contributed by atoms with Gasteiger partial charge in [-0.15, -0.1) is 0 Å². The SMILES string of the molecule is CC(=O)OCc1ccc(NC(=O)CNC(=O)C(NC(=O)CCOCCOCCOCCOCCN(C)C(=O)/C=C\C=O)C(C)C)cc1. The zero-order valence-corrected chi connectivity index (χ0v) is 27.6. The summed E-state index contributed by atoms with van der Waals surface area (Å²) in [5.74, 6) is -2.16. The largest absolute Gasteiger partial charge is 0.461 e. The molecule has 0 spiro atoms. The normalized spacial score (nSPS) is 11.6. The average Bonchev–Trinajstić information content (AvgIpc) is 3.04. The number of carbonyl (C=O) groups excluding carboxylic acids is 6. The summed E-state index contributed by atoms with van der Waals surface area (Å²) in [7, 11) is 1.62. The van der Waals surface area contributed by atoms with Crippen molar-refractivity contribution in [1.82, 2.24) is 15.5 Å². The molecule has 0 radical (unpaired) electrons. The first kappa shape index (κ1) is 40.8. The summed E-state index contributed by atoms with van der Waals surface area (Å²) < 4.78 is 26.6. The molecule has 0 bridgehead atoms. The third kappa shape index (κ3) is 20.5. The fourth-order valence-corrected chi connectivity index (χ4v) is 3.62. The maximum absolute atomic E-state index is 12.7. The monoisotopic (exact) mass is 664 g/mol. The summed E-state index contributed by atoms with van der Waals surface area (Å²) >= 11 is 0. The number of allylic oxidation sites excluding steroid dienone is 1. The van der Waals surface area contributed by atoms with Gasteiger partial charge in [0.15, 0.2) is 0 Å². The fraction of sp³-hybridized carbons (Fsp3) is 0.562. The number of nitrogens with one attached hydrogen (secondary N) is 3. The Morgan fingerprint density at radius 2 is 1.40 bits per heavy atom. The number of hydrogen-bond donors (Lipinski definition) is 3. The van der Waals surface area contributed by atoms with E-state index in [0.717, 1.165) is 11.6 Å². The van der Waals surface area contributed by atoms with Crippen LogP contribution in [0.4, 0.5) is 5.69 Å². The zero-order chi connectivity index (χ0) is 34.9. The summed E-state index contributed by atoms with van der Waals surface area (Å²) in [5.41, 5.74) is 1.28. The minimum atomic E-state index is -0.827. The highest BCUT2D eigenvalue weighted by Crippen LogP contribution is 2.10. The summed E-state index contributed by atoms with van der Waals surface area (Å²) in [6.07, 6.45) is 2.93. The molecular weight excluding hydrogens is 616 g/mol. The van der Waals surface area contributed by atoms with Crippen molar-refractivity contribution in [3.63, 3.8) is 0 Å². The lowest BCUT2D eigenvalue weighted by atomic mass is 10.0. The van der Waals surface area contributed by atoms with Gasteiger partial charge < -0.3 is 44.5 Å². The Morgan fingerprint density at radius 3 is 1.96 bits per heavy atom. The number of ether oxygens (including phenoxy) is 5. The first-order valence-corrected chi connectivity index (χ1v) is 15.3. The fourth-order valence-electron chi connectivity index (χ4n) is 3.62. The predicted molar refractivity (Wildman–Crippen MR) is 171 cm³/mol. The number of benzene rings is 1. The van der Waals surface area contributed by atoms with Crippen molar-refractivity contribution in [2.45, 2.75) is 39.8 Å². The van der Waals surface area contributed by atoms with E-state index in [-0.39, 0.29) is 56.5 Å². The van der Waals surface area contributed by atoms with Crippen molar-refractivity contribution in [1.29, 1.82) is 0 Å². The van der Waals surface area contributed by atoms with Gasteiger partial charge in [-0.3, -0.25) is 28.8 Å². The lowest BCUT2D eigenvalue weighted by Crippen LogP contribution is -2.51. The van der Waals surface area contributed by atoms with Crippen LogP contribution in [0, 0.1) is 5.92 Å². The van der Waals surface area contributed by atoms with E-state index < -0.39 is 17.9 Å². The molecule has 0 saturated heterocycles. The number of rotatable bonds is 25. The number of anilines is 1. The van der Waals surface area contributed by atoms with Crippen LogP contribution < -0.4 is 16.0 Å². The minimum absolute atomic E-state index is 0.0486. The van der Waals surface area contributed by atoms with Crippen molar-refractivity contribution in [3.05, 3.63) is 42.0 Å². The van der Waals surface area contributed by atoms with Crippen LogP contribution in [-0.2, 0) is 59.1 Å². The standard InChI is InChI=1S/C32H48N4O11/c1-24(2)31(32(42)33-22-29(40)34-27-9-7-26(8-10-27)23-47-25(3)38)35-28(39)11-14-43-16-18-45-20-21-46-19-17-44-15-12-36(4)30(41)6-5-13-37/h5-10,13,24,31H,11-12,14-23H2,1-4H3,(H,33,42)(H,34,40)(H,35,39)/b6-5-. The molecule has 262 valence electrons. The molecule has 0 saturated carbocycles. The summed E-state index contributed by atoms with van der Waals surface area (Å²) in [6, 6.07) is 5.92. The molecule has 0 aliphatic carbocycles. The lowest BCUT2D eigenvalue weighted by molar-refractivity contribution is -0.142. The highest BCUT2D eigenvalue weighted by molar-refractivity contribution is 5.96. The van der Waals surface area contributed by atoms with Crippen molar-refractivity contribution in [2.75, 3.05) is 78.3 Å². The van der Waals surface area contributed by atoms with Gasteiger partial charge in [0.05, 0.1) is 59.4 Å². The van der Waals surface area contributed by atoms with Gasteiger partial charge in [-0.2, -0.15) is 0 Å². The van der Waals surface area contributed by atoms with Crippen LogP contribution in [0.2, 0.25) is 0 Å². The van der Waals surface area contributed by atoms with Gasteiger partial charge in [-0.1, -0.05) is 26.0 Å². The van der Waals surface area contributed by atoms with Gasteiger partial charge >= 0.3 is 5.97 Å². The van der Waals surface area contributed by atoms with Crippen LogP contribution in [0.15, 0.2) is 36.4 Å². The Kier molecular flexibility index (Phi) is 21.7. The van der Waals surface area contributed by atoms with Crippen LogP contribution in [-0.4, -0.2) is 120 Å². The van der Waals surface area contributed by atoms with Crippen LogP contribution in [0.3, 0.4) is 0 Å². The Morgan fingerprint density at radius 1 is 0.830 bits per heavy atom. The second-order valence-corrected chi connectivity index (χ2v) is 10.5. The van der Waals surface area contributed by atoms with E-state index in [2.05, 4.69) is 16.0 Å². The molecule has 4 amide bonds. The van der Waals surface area contributed by atoms with E-state index in [1.165, 1.54) is 17.9 Å². The van der Waals surface area contributed by atoms with E-state index in [0.29, 0.717) is 58.2 Å². The molecule has 0 fully saturated rings. The van der Waals surface area contributed by atoms with Gasteiger partial charge in [0.25, 0.3) is 0 Å². The van der Waals surface area contributed by atoms with Gasteiger partial charge in [0, 0.05) is 38.7 Å². The van der Waals surface area contributed by atoms with Crippen molar-refractivity contribution in [3.8, 4) is 0 Å². The molecular formula is C32H48N4O11. The van der Waals surface area contributed by atoms with Crippen LogP contribution in [0.5, 0.6) is 0 Å². The van der Waals surface area contributed by atoms with Crippen molar-refractivity contribution >= 4 is 41.6 Å². The Hall–Kier alpha value is -4.18. The van der Waals surface area contributed by atoms with E-state index >= 15 is 0 Å². The number of nitrogens with zero attached hydrogens (tertiary/aromatic N) is 1. The summed E-state index contributed by atoms with van der Waals surface area (Å²) in [6.45, 7) is 7.69. The first-order chi connectivity index (χ1) is 22.5. The maximum atomic E-state index is 12.7. The van der Waals surface area contributed by atoms with Gasteiger partial charge in [0.2, 0.25) is 23.6 Å². The van der Waals surface area contributed by atoms with Crippen LogP contribution in [0.1, 0.15) is 32.8 Å². The molecule has 0 aliphatic heterocycles. The second-order valence-electron chi connectivity index (χ2n) is 10.5. The first-order valence-electron chi connectivity index (χ1n) is 15.3. The zero-order valence-electron chi connectivity index (χ0n) is 27.6. The Bertz CT molecular complexity index is 1140. The van der Waals surface area contributed by atoms with E-state index in [9.17, 15) is 28.8 Å². The Labute approximate surface area is 275 Å². The number of hydrogen-bond acceptors (Lipinski definition) is 11. The van der Waals surface area contributed by atoms with Crippen molar-refractivity contribution < 1.29 is 52.5 Å². The van der Waals surface area contributed by atoms with E-state index in [1.807, 2.05) is 0 Å². The smallest absolute Gasteiger partial charge is 0.302 e. The van der Waals surface area contributed by atoms with Crippen LogP contribution >= 0.6 is 0 Å². The average molecular weight is 665 g/mol. The van der Waals surface area contributed by atoms with E-state index in [1.54, 1.807) is 45.2 Å². The molecule has 0 aromatic heterocycles. The third-order valence-corrected chi connectivity index (χ3v) is 6.22. The highest BCUT2D eigenvalue weighted by atomic mass is 16.6. The lowest BCUT2D eigenvalue weighted by Gasteiger charge is -2.21. The molecule has 0 heterocycles. The minimum Gasteiger partial charge on any atom is -0.461 e. The van der Waals surface area contributed by atoms with Gasteiger partial charge in [-0.05, 0) is 29.7 Å².